The number of carbonyl (C=O) groups is 2. The van der Waals surface area contributed by atoms with Crippen LogP contribution in [0, 0.1) is 0 Å². The van der Waals surface area contributed by atoms with Crippen molar-refractivity contribution in [1.29, 1.82) is 0 Å². The molecule has 166 valence electrons. The average molecular weight is 427 g/mol. The monoisotopic (exact) mass is 426 g/mol. The number of piperazine rings is 1. The van der Waals surface area contributed by atoms with Crippen molar-refractivity contribution in [3.05, 3.63) is 54.1 Å². The molecule has 0 N–H and O–H groups in total. The molecule has 31 heavy (non-hydrogen) atoms. The third-order valence-electron chi connectivity index (χ3n) is 5.23. The van der Waals surface area contributed by atoms with E-state index in [1.807, 2.05) is 36.4 Å². The lowest BCUT2D eigenvalue weighted by molar-refractivity contribution is -0.141. The van der Waals surface area contributed by atoms with E-state index in [2.05, 4.69) is 6.92 Å². The summed E-state index contributed by atoms with van der Waals surface area (Å²) in [6, 6.07) is 15.1. The van der Waals surface area contributed by atoms with Gasteiger partial charge in [-0.25, -0.2) is 0 Å². The maximum Gasteiger partial charge on any atom is 0.260 e. The summed E-state index contributed by atoms with van der Waals surface area (Å²) in [6.45, 7) is 4.00. The molecule has 0 radical (unpaired) electrons. The Hall–Kier alpha value is -3.22. The maximum absolute atomic E-state index is 12.5. The molecule has 3 rings (SSSR count). The van der Waals surface area contributed by atoms with Gasteiger partial charge in [0.15, 0.2) is 24.7 Å². The lowest BCUT2D eigenvalue weighted by atomic mass is 10.1. The van der Waals surface area contributed by atoms with Crippen molar-refractivity contribution in [2.24, 2.45) is 0 Å². The van der Waals surface area contributed by atoms with E-state index in [0.29, 0.717) is 43.4 Å². The van der Waals surface area contributed by atoms with Crippen molar-refractivity contribution in [2.75, 3.05) is 46.5 Å². The molecule has 0 aromatic heterocycles. The Morgan fingerprint density at radius 1 is 0.806 bits per heavy atom. The second kappa shape index (κ2) is 11.2. The molecule has 7 heteroatoms. The molecular weight excluding hydrogens is 396 g/mol. The molecular formula is C24H30N2O5. The summed E-state index contributed by atoms with van der Waals surface area (Å²) in [5.41, 5.74) is 1.26. The summed E-state index contributed by atoms with van der Waals surface area (Å²) in [5, 5.41) is 0. The number of benzene rings is 2. The molecule has 0 bridgehead atoms. The second-order valence-corrected chi connectivity index (χ2v) is 7.38. The van der Waals surface area contributed by atoms with Gasteiger partial charge < -0.3 is 24.0 Å². The molecule has 1 fully saturated rings. The zero-order valence-corrected chi connectivity index (χ0v) is 18.2. The molecule has 1 saturated heterocycles. The van der Waals surface area contributed by atoms with E-state index in [1.165, 1.54) is 5.56 Å². The van der Waals surface area contributed by atoms with Crippen LogP contribution >= 0.6 is 0 Å². The largest absolute Gasteiger partial charge is 0.493 e. The van der Waals surface area contributed by atoms with Crippen molar-refractivity contribution in [3.63, 3.8) is 0 Å². The fraction of sp³-hybridized carbons (Fsp3) is 0.417. The van der Waals surface area contributed by atoms with Gasteiger partial charge in [0, 0.05) is 26.2 Å². The molecule has 2 amide bonds. The van der Waals surface area contributed by atoms with E-state index in [0.717, 1.165) is 12.8 Å². The average Bonchev–Trinajstić information content (AvgIpc) is 2.82. The van der Waals surface area contributed by atoms with Crippen molar-refractivity contribution < 1.29 is 23.8 Å². The van der Waals surface area contributed by atoms with Gasteiger partial charge in [0.25, 0.3) is 11.8 Å². The van der Waals surface area contributed by atoms with Crippen molar-refractivity contribution >= 4 is 11.8 Å². The minimum absolute atomic E-state index is 0.00200. The minimum Gasteiger partial charge on any atom is -0.493 e. The number of rotatable bonds is 9. The quantitative estimate of drug-likeness (QED) is 0.617. The van der Waals surface area contributed by atoms with Crippen LogP contribution in [0.2, 0.25) is 0 Å². The molecule has 1 aliphatic heterocycles. The molecule has 0 aliphatic carbocycles. The first-order valence-corrected chi connectivity index (χ1v) is 10.6. The Labute approximate surface area is 183 Å². The first kappa shape index (κ1) is 22.5. The zero-order chi connectivity index (χ0) is 22.1. The molecule has 1 aliphatic rings. The number of hydrogen-bond acceptors (Lipinski definition) is 5. The number of aryl methyl sites for hydroxylation is 1. The topological polar surface area (TPSA) is 68.3 Å². The van der Waals surface area contributed by atoms with Crippen molar-refractivity contribution in [1.82, 2.24) is 9.80 Å². The molecule has 1 heterocycles. The van der Waals surface area contributed by atoms with E-state index in [9.17, 15) is 9.59 Å². The molecule has 0 spiro atoms. The highest BCUT2D eigenvalue weighted by Crippen LogP contribution is 2.25. The molecule has 2 aromatic rings. The van der Waals surface area contributed by atoms with Crippen molar-refractivity contribution in [2.45, 2.75) is 19.8 Å². The Balaban J connectivity index is 1.40. The smallest absolute Gasteiger partial charge is 0.260 e. The van der Waals surface area contributed by atoms with Crippen LogP contribution in [-0.4, -0.2) is 68.1 Å². The lowest BCUT2D eigenvalue weighted by Gasteiger charge is -2.34. The normalized spacial score (nSPS) is 13.6. The number of ether oxygens (including phenoxy) is 3. The number of carbonyl (C=O) groups excluding carboxylic acids is 2. The molecule has 2 aromatic carbocycles. The Morgan fingerprint density at radius 3 is 1.90 bits per heavy atom. The fourth-order valence-corrected chi connectivity index (χ4v) is 3.45. The van der Waals surface area contributed by atoms with Crippen LogP contribution in [0.25, 0.3) is 0 Å². The highest BCUT2D eigenvalue weighted by atomic mass is 16.5. The highest BCUT2D eigenvalue weighted by molar-refractivity contribution is 5.80. The highest BCUT2D eigenvalue weighted by Gasteiger charge is 2.24. The third kappa shape index (κ3) is 6.38. The van der Waals surface area contributed by atoms with E-state index in [-0.39, 0.29) is 25.0 Å². The van der Waals surface area contributed by atoms with Crippen LogP contribution in [0.3, 0.4) is 0 Å². The van der Waals surface area contributed by atoms with E-state index < -0.39 is 0 Å². The van der Waals surface area contributed by atoms with Crippen LogP contribution in [0.4, 0.5) is 0 Å². The van der Waals surface area contributed by atoms with Gasteiger partial charge in [0.05, 0.1) is 7.11 Å². The van der Waals surface area contributed by atoms with Gasteiger partial charge in [-0.05, 0) is 36.2 Å². The maximum atomic E-state index is 12.5. The summed E-state index contributed by atoms with van der Waals surface area (Å²) in [5.74, 6) is 1.63. The first-order chi connectivity index (χ1) is 15.1. The molecule has 0 atom stereocenters. The number of para-hydroxylation sites is 2. The number of nitrogens with zero attached hydrogens (tertiary/aromatic N) is 2. The van der Waals surface area contributed by atoms with E-state index >= 15 is 0 Å². The Morgan fingerprint density at radius 2 is 1.35 bits per heavy atom. The lowest BCUT2D eigenvalue weighted by Crippen LogP contribution is -2.52. The summed E-state index contributed by atoms with van der Waals surface area (Å²) in [4.78, 5) is 28.4. The van der Waals surface area contributed by atoms with E-state index in [1.54, 1.807) is 29.0 Å². The van der Waals surface area contributed by atoms with Crippen molar-refractivity contribution in [3.8, 4) is 17.2 Å². The van der Waals surface area contributed by atoms with E-state index in [4.69, 9.17) is 14.2 Å². The zero-order valence-electron chi connectivity index (χ0n) is 18.2. The molecule has 0 unspecified atom stereocenters. The van der Waals surface area contributed by atoms with Gasteiger partial charge >= 0.3 is 0 Å². The third-order valence-corrected chi connectivity index (χ3v) is 5.23. The Kier molecular flexibility index (Phi) is 8.15. The van der Waals surface area contributed by atoms with Gasteiger partial charge in [-0.1, -0.05) is 37.6 Å². The van der Waals surface area contributed by atoms with Gasteiger partial charge in [-0.3, -0.25) is 9.59 Å². The number of methoxy groups -OCH3 is 1. The van der Waals surface area contributed by atoms with Crippen LogP contribution < -0.4 is 14.2 Å². The number of hydrogen-bond donors (Lipinski definition) is 0. The summed E-state index contributed by atoms with van der Waals surface area (Å²) in [7, 11) is 1.56. The van der Waals surface area contributed by atoms with Crippen LogP contribution in [0.5, 0.6) is 17.2 Å². The minimum atomic E-state index is -0.110. The second-order valence-electron chi connectivity index (χ2n) is 7.38. The number of amides is 2. The van der Waals surface area contributed by atoms with Crippen LogP contribution in [0.1, 0.15) is 18.9 Å². The molecule has 7 nitrogen and oxygen atoms in total. The fourth-order valence-electron chi connectivity index (χ4n) is 3.45. The van der Waals surface area contributed by atoms with Gasteiger partial charge in [0.2, 0.25) is 0 Å². The van der Waals surface area contributed by atoms with Gasteiger partial charge in [-0.2, -0.15) is 0 Å². The first-order valence-electron chi connectivity index (χ1n) is 10.6. The Bertz CT molecular complexity index is 861. The van der Waals surface area contributed by atoms with Crippen LogP contribution in [-0.2, 0) is 16.0 Å². The summed E-state index contributed by atoms with van der Waals surface area (Å²) < 4.78 is 16.5. The van der Waals surface area contributed by atoms with Gasteiger partial charge in [-0.15, -0.1) is 0 Å². The van der Waals surface area contributed by atoms with Gasteiger partial charge in [0.1, 0.15) is 5.75 Å². The standard InChI is InChI=1S/C24H30N2O5/c1-3-6-19-9-11-20(12-10-19)30-17-23(27)25-13-15-26(16-14-25)24(28)18-31-22-8-5-4-7-21(22)29-2/h4-5,7-12H,3,6,13-18H2,1-2H3. The summed E-state index contributed by atoms with van der Waals surface area (Å²) in [6.07, 6.45) is 2.13. The molecule has 0 saturated carbocycles. The van der Waals surface area contributed by atoms with Crippen LogP contribution in [0.15, 0.2) is 48.5 Å². The SMILES string of the molecule is CCCc1ccc(OCC(=O)N2CCN(C(=O)COc3ccccc3OC)CC2)cc1. The predicted octanol–water partition coefficient (Wildman–Crippen LogP) is 2.78. The summed E-state index contributed by atoms with van der Waals surface area (Å²) >= 11 is 0. The predicted molar refractivity (Wildman–Crippen MR) is 118 cm³/mol.